The van der Waals surface area contributed by atoms with E-state index in [0.717, 1.165) is 5.56 Å². The Kier molecular flexibility index (Phi) is 8.37. The minimum atomic E-state index is -1.21. The number of hydrogen-bond acceptors (Lipinski definition) is 3. The van der Waals surface area contributed by atoms with E-state index in [4.69, 9.17) is 0 Å². The largest absolute Gasteiger partial charge is 1.00 e. The van der Waals surface area contributed by atoms with Gasteiger partial charge in [0.2, 0.25) is 0 Å². The zero-order valence-electron chi connectivity index (χ0n) is 11.0. The summed E-state index contributed by atoms with van der Waals surface area (Å²) in [6.07, 6.45) is 2.77. The van der Waals surface area contributed by atoms with E-state index in [1.54, 1.807) is 4.57 Å². The Morgan fingerprint density at radius 2 is 1.89 bits per heavy atom. The molecule has 0 aliphatic rings. The third kappa shape index (κ3) is 4.64. The minimum absolute atomic E-state index is 0. The number of carbonyl (C=O) groups is 1. The molecule has 0 amide bonds. The van der Waals surface area contributed by atoms with E-state index in [1.807, 2.05) is 44.2 Å². The first-order valence-electron chi connectivity index (χ1n) is 5.53. The number of hydrogen-bond donors (Lipinski definition) is 0. The molecule has 0 atom stereocenters. The van der Waals surface area contributed by atoms with E-state index in [0.29, 0.717) is 6.54 Å². The molecule has 0 N–H and O–H groups in total. The summed E-state index contributed by atoms with van der Waals surface area (Å²) < 4.78 is 1.55. The molecule has 1 aromatic heterocycles. The summed E-state index contributed by atoms with van der Waals surface area (Å²) in [5.74, 6) is -1.21. The van der Waals surface area contributed by atoms with Gasteiger partial charge < -0.3 is 14.5 Å². The van der Waals surface area contributed by atoms with Crippen LogP contribution in [-0.4, -0.2) is 15.5 Å². The van der Waals surface area contributed by atoms with Crippen LogP contribution in [-0.2, 0) is 6.54 Å². The van der Waals surface area contributed by atoms with Crippen LogP contribution in [0.5, 0.6) is 0 Å². The number of nitrogens with zero attached hydrogens (tertiary/aromatic N) is 2. The van der Waals surface area contributed by atoms with Crippen molar-refractivity contribution < 1.29 is 39.5 Å². The SMILES string of the molecule is CC.O=C([O-])c1cncn1Cc1ccccc1.[Na+]. The number of benzene rings is 1. The maximum absolute atomic E-state index is 10.7. The minimum Gasteiger partial charge on any atom is -0.543 e. The third-order valence-corrected chi connectivity index (χ3v) is 2.12. The summed E-state index contributed by atoms with van der Waals surface area (Å²) in [5.41, 5.74) is 1.12. The molecule has 90 valence electrons. The first-order valence-corrected chi connectivity index (χ1v) is 5.53. The molecule has 0 aliphatic heterocycles. The number of imidazole rings is 1. The van der Waals surface area contributed by atoms with Gasteiger partial charge in [0.1, 0.15) is 0 Å². The summed E-state index contributed by atoms with van der Waals surface area (Å²) in [7, 11) is 0. The molecule has 4 nitrogen and oxygen atoms in total. The fourth-order valence-electron chi connectivity index (χ4n) is 1.40. The average molecular weight is 254 g/mol. The number of rotatable bonds is 3. The molecule has 0 bridgehead atoms. The van der Waals surface area contributed by atoms with Crippen LogP contribution in [0.1, 0.15) is 29.9 Å². The molecule has 0 fully saturated rings. The Balaban J connectivity index is 0.000000917. The van der Waals surface area contributed by atoms with Crippen molar-refractivity contribution in [3.63, 3.8) is 0 Å². The molecule has 0 saturated carbocycles. The van der Waals surface area contributed by atoms with Crippen LogP contribution < -0.4 is 34.7 Å². The molecule has 18 heavy (non-hydrogen) atoms. The number of carboxylic acids is 1. The van der Waals surface area contributed by atoms with Gasteiger partial charge in [-0.25, -0.2) is 4.98 Å². The third-order valence-electron chi connectivity index (χ3n) is 2.12. The Morgan fingerprint density at radius 1 is 1.28 bits per heavy atom. The number of carboxylic acid groups (broad SMARTS) is 1. The van der Waals surface area contributed by atoms with Crippen LogP contribution in [0.25, 0.3) is 0 Å². The number of aromatic carboxylic acids is 1. The predicted octanol–water partition coefficient (Wildman–Crippen LogP) is -1.67. The molecule has 5 heteroatoms. The van der Waals surface area contributed by atoms with Gasteiger partial charge in [0, 0.05) is 6.54 Å². The van der Waals surface area contributed by atoms with E-state index in [9.17, 15) is 9.90 Å². The molecule has 2 aromatic rings. The molecule has 0 radical (unpaired) electrons. The second-order valence-electron chi connectivity index (χ2n) is 3.18. The maximum Gasteiger partial charge on any atom is 1.00 e. The second-order valence-corrected chi connectivity index (χ2v) is 3.18. The quantitative estimate of drug-likeness (QED) is 0.615. The first kappa shape index (κ1) is 16.9. The van der Waals surface area contributed by atoms with Gasteiger partial charge in [-0.15, -0.1) is 0 Å². The molecule has 1 aromatic carbocycles. The van der Waals surface area contributed by atoms with Gasteiger partial charge in [0.15, 0.2) is 0 Å². The molecule has 0 unspecified atom stereocenters. The van der Waals surface area contributed by atoms with E-state index < -0.39 is 5.97 Å². The van der Waals surface area contributed by atoms with Crippen LogP contribution in [0, 0.1) is 0 Å². The average Bonchev–Trinajstić information content (AvgIpc) is 2.81. The Bertz CT molecular complexity index is 469. The van der Waals surface area contributed by atoms with Gasteiger partial charge in [-0.2, -0.15) is 0 Å². The van der Waals surface area contributed by atoms with Crippen LogP contribution in [0.3, 0.4) is 0 Å². The number of aromatic nitrogens is 2. The van der Waals surface area contributed by atoms with Crippen molar-refractivity contribution in [3.8, 4) is 0 Å². The standard InChI is InChI=1S/C11H10N2O2.C2H6.Na/c14-11(15)10-6-12-8-13(10)7-9-4-2-1-3-5-9;1-2;/h1-6,8H,7H2,(H,14,15);1-2H3;/q;;+1/p-1. The fourth-order valence-corrected chi connectivity index (χ4v) is 1.40. The van der Waals surface area contributed by atoms with Crippen molar-refractivity contribution in [3.05, 3.63) is 54.1 Å². The van der Waals surface area contributed by atoms with E-state index in [1.165, 1.54) is 12.5 Å². The molecule has 0 saturated heterocycles. The summed E-state index contributed by atoms with van der Waals surface area (Å²) in [5, 5.41) is 10.7. The van der Waals surface area contributed by atoms with Crippen molar-refractivity contribution >= 4 is 5.97 Å². The topological polar surface area (TPSA) is 57.9 Å². The van der Waals surface area contributed by atoms with Crippen molar-refractivity contribution in [2.24, 2.45) is 0 Å². The van der Waals surface area contributed by atoms with Gasteiger partial charge in [0.05, 0.1) is 24.2 Å². The van der Waals surface area contributed by atoms with Gasteiger partial charge in [-0.1, -0.05) is 44.2 Å². The summed E-state index contributed by atoms with van der Waals surface area (Å²) >= 11 is 0. The van der Waals surface area contributed by atoms with E-state index in [2.05, 4.69) is 4.98 Å². The summed E-state index contributed by atoms with van der Waals surface area (Å²) in [6, 6.07) is 9.59. The Morgan fingerprint density at radius 3 is 2.44 bits per heavy atom. The first-order chi connectivity index (χ1) is 8.27. The van der Waals surface area contributed by atoms with Gasteiger partial charge in [-0.05, 0) is 5.56 Å². The monoisotopic (exact) mass is 254 g/mol. The van der Waals surface area contributed by atoms with Crippen molar-refractivity contribution in [1.29, 1.82) is 0 Å². The van der Waals surface area contributed by atoms with Crippen molar-refractivity contribution in [2.45, 2.75) is 20.4 Å². The smallest absolute Gasteiger partial charge is 0.543 e. The zero-order chi connectivity index (χ0) is 12.7. The maximum atomic E-state index is 10.7. The Hall–Kier alpha value is -1.10. The molecule has 0 spiro atoms. The Labute approximate surface area is 129 Å². The van der Waals surface area contributed by atoms with E-state index in [-0.39, 0.29) is 35.3 Å². The van der Waals surface area contributed by atoms with Crippen LogP contribution >= 0.6 is 0 Å². The molecule has 1 heterocycles. The zero-order valence-corrected chi connectivity index (χ0v) is 13.0. The van der Waals surface area contributed by atoms with Gasteiger partial charge in [-0.3, -0.25) is 0 Å². The van der Waals surface area contributed by atoms with Crippen LogP contribution in [0.2, 0.25) is 0 Å². The molecule has 0 aliphatic carbocycles. The van der Waals surface area contributed by atoms with Gasteiger partial charge >= 0.3 is 29.6 Å². The number of carbonyl (C=O) groups excluding carboxylic acids is 1. The van der Waals surface area contributed by atoms with Crippen LogP contribution in [0.15, 0.2) is 42.9 Å². The van der Waals surface area contributed by atoms with E-state index >= 15 is 0 Å². The molecule has 2 rings (SSSR count). The normalized spacial score (nSPS) is 8.78. The second kappa shape index (κ2) is 8.91. The predicted molar refractivity (Wildman–Crippen MR) is 63.4 cm³/mol. The van der Waals surface area contributed by atoms with Crippen molar-refractivity contribution in [1.82, 2.24) is 9.55 Å². The van der Waals surface area contributed by atoms with Crippen LogP contribution in [0.4, 0.5) is 0 Å². The van der Waals surface area contributed by atoms with Gasteiger partial charge in [0.25, 0.3) is 0 Å². The fraction of sp³-hybridized carbons (Fsp3) is 0.231. The van der Waals surface area contributed by atoms with Crippen molar-refractivity contribution in [2.75, 3.05) is 0 Å². The summed E-state index contributed by atoms with van der Waals surface area (Å²) in [6.45, 7) is 4.49. The molecular weight excluding hydrogens is 239 g/mol. The summed E-state index contributed by atoms with van der Waals surface area (Å²) in [4.78, 5) is 14.5. The molecular formula is C13H15N2NaO2.